The molecule has 0 heterocycles. The second-order valence-electron chi connectivity index (χ2n) is 6.37. The quantitative estimate of drug-likeness (QED) is 0.518. The standard InChI is InChI=1S/C20H25Br/c1-3-5-7-14(4-2)20(21)18-13-12-16-11-10-15-8-6-9-17(18)19(15)16/h6,8-9,12-14,20H,3-5,7,10-11H2,1-2H3. The molecular weight excluding hydrogens is 320 g/mol. The summed E-state index contributed by atoms with van der Waals surface area (Å²) in [5.74, 6) is 0.739. The van der Waals surface area contributed by atoms with Gasteiger partial charge in [-0.2, -0.15) is 0 Å². The van der Waals surface area contributed by atoms with E-state index in [1.165, 1.54) is 49.5 Å². The molecule has 0 nitrogen and oxygen atoms in total. The van der Waals surface area contributed by atoms with E-state index >= 15 is 0 Å². The van der Waals surface area contributed by atoms with Crippen molar-refractivity contribution in [1.82, 2.24) is 0 Å². The molecule has 2 aromatic rings. The van der Waals surface area contributed by atoms with Crippen LogP contribution in [0.15, 0.2) is 30.3 Å². The number of halogens is 1. The Bertz CT molecular complexity index is 619. The van der Waals surface area contributed by atoms with Crippen LogP contribution in [0.4, 0.5) is 0 Å². The number of hydrogen-bond donors (Lipinski definition) is 0. The van der Waals surface area contributed by atoms with Gasteiger partial charge in [0.1, 0.15) is 0 Å². The molecule has 0 fully saturated rings. The zero-order valence-electron chi connectivity index (χ0n) is 13.2. The predicted molar refractivity (Wildman–Crippen MR) is 96.3 cm³/mol. The summed E-state index contributed by atoms with van der Waals surface area (Å²) in [6.07, 6.45) is 7.64. The number of alkyl halides is 1. The molecule has 3 rings (SSSR count). The van der Waals surface area contributed by atoms with Gasteiger partial charge in [0.05, 0.1) is 0 Å². The second-order valence-corrected chi connectivity index (χ2v) is 7.35. The Morgan fingerprint density at radius 1 is 1.05 bits per heavy atom. The van der Waals surface area contributed by atoms with Crippen molar-refractivity contribution < 1.29 is 0 Å². The Morgan fingerprint density at radius 2 is 1.81 bits per heavy atom. The van der Waals surface area contributed by atoms with Crippen LogP contribution in [-0.4, -0.2) is 0 Å². The Morgan fingerprint density at radius 3 is 2.52 bits per heavy atom. The van der Waals surface area contributed by atoms with Crippen LogP contribution < -0.4 is 0 Å². The highest BCUT2D eigenvalue weighted by Gasteiger charge is 2.23. The van der Waals surface area contributed by atoms with Crippen LogP contribution in [0.3, 0.4) is 0 Å². The average molecular weight is 345 g/mol. The lowest BCUT2D eigenvalue weighted by molar-refractivity contribution is 0.447. The van der Waals surface area contributed by atoms with Crippen LogP contribution in [0.2, 0.25) is 0 Å². The molecule has 2 atom stereocenters. The molecule has 0 saturated carbocycles. The maximum Gasteiger partial charge on any atom is 0.0429 e. The predicted octanol–water partition coefficient (Wildman–Crippen LogP) is 6.59. The topological polar surface area (TPSA) is 0 Å². The lowest BCUT2D eigenvalue weighted by atomic mass is 9.88. The fraction of sp³-hybridized carbons (Fsp3) is 0.500. The number of unbranched alkanes of at least 4 members (excludes halogenated alkanes) is 1. The SMILES string of the molecule is CCCCC(CC)C(Br)c1ccc2c3c(cccc13)CC2. The first kappa shape index (κ1) is 15.1. The molecule has 1 aliphatic rings. The lowest BCUT2D eigenvalue weighted by Crippen LogP contribution is -2.07. The molecule has 2 aromatic carbocycles. The molecule has 0 aliphatic heterocycles. The molecule has 0 saturated heterocycles. The number of benzene rings is 2. The smallest absolute Gasteiger partial charge is 0.0429 e. The van der Waals surface area contributed by atoms with Crippen LogP contribution >= 0.6 is 15.9 Å². The monoisotopic (exact) mass is 344 g/mol. The summed E-state index contributed by atoms with van der Waals surface area (Å²) in [4.78, 5) is 0.485. The largest absolute Gasteiger partial charge is 0.0836 e. The van der Waals surface area contributed by atoms with E-state index in [0.717, 1.165) is 5.92 Å². The molecule has 0 bridgehead atoms. The van der Waals surface area contributed by atoms with Crippen LogP contribution in [-0.2, 0) is 12.8 Å². The van der Waals surface area contributed by atoms with Gasteiger partial charge >= 0.3 is 0 Å². The summed E-state index contributed by atoms with van der Waals surface area (Å²) in [5.41, 5.74) is 4.59. The Labute approximate surface area is 137 Å². The van der Waals surface area contributed by atoms with Crippen molar-refractivity contribution in [3.8, 4) is 0 Å². The lowest BCUT2D eigenvalue weighted by Gasteiger charge is -2.23. The van der Waals surface area contributed by atoms with E-state index in [2.05, 4.69) is 60.1 Å². The van der Waals surface area contributed by atoms with Crippen molar-refractivity contribution in [1.29, 1.82) is 0 Å². The normalized spacial score (nSPS) is 16.3. The van der Waals surface area contributed by atoms with E-state index in [9.17, 15) is 0 Å². The summed E-state index contributed by atoms with van der Waals surface area (Å²) < 4.78 is 0. The molecule has 1 aliphatic carbocycles. The molecule has 1 heteroatoms. The van der Waals surface area contributed by atoms with E-state index in [1.54, 1.807) is 16.5 Å². The van der Waals surface area contributed by atoms with Crippen LogP contribution in [0.1, 0.15) is 61.0 Å². The first-order valence-electron chi connectivity index (χ1n) is 8.43. The Balaban J connectivity index is 2.01. The zero-order chi connectivity index (χ0) is 14.8. The van der Waals surface area contributed by atoms with Gasteiger partial charge in [-0.1, -0.05) is 79.4 Å². The van der Waals surface area contributed by atoms with E-state index in [-0.39, 0.29) is 0 Å². The van der Waals surface area contributed by atoms with E-state index in [4.69, 9.17) is 0 Å². The van der Waals surface area contributed by atoms with Crippen molar-refractivity contribution >= 4 is 26.7 Å². The van der Waals surface area contributed by atoms with E-state index in [0.29, 0.717) is 4.83 Å². The summed E-state index contributed by atoms with van der Waals surface area (Å²) in [6.45, 7) is 4.61. The highest BCUT2D eigenvalue weighted by atomic mass is 79.9. The maximum atomic E-state index is 4.03. The van der Waals surface area contributed by atoms with Gasteiger partial charge in [-0.15, -0.1) is 0 Å². The van der Waals surface area contributed by atoms with Gasteiger partial charge in [0.25, 0.3) is 0 Å². The highest BCUT2D eigenvalue weighted by molar-refractivity contribution is 9.09. The van der Waals surface area contributed by atoms with Crippen molar-refractivity contribution in [2.45, 2.75) is 57.2 Å². The van der Waals surface area contributed by atoms with Gasteiger partial charge in [-0.3, -0.25) is 0 Å². The number of hydrogen-bond acceptors (Lipinski definition) is 0. The van der Waals surface area contributed by atoms with E-state index in [1.807, 2.05) is 0 Å². The van der Waals surface area contributed by atoms with Crippen molar-refractivity contribution in [3.05, 3.63) is 47.0 Å². The van der Waals surface area contributed by atoms with Crippen molar-refractivity contribution in [2.24, 2.45) is 5.92 Å². The van der Waals surface area contributed by atoms with Crippen molar-refractivity contribution in [3.63, 3.8) is 0 Å². The zero-order valence-corrected chi connectivity index (χ0v) is 14.7. The van der Waals surface area contributed by atoms with Crippen LogP contribution in [0.25, 0.3) is 10.8 Å². The van der Waals surface area contributed by atoms with Gasteiger partial charge in [0.15, 0.2) is 0 Å². The second kappa shape index (κ2) is 6.52. The van der Waals surface area contributed by atoms with Gasteiger partial charge < -0.3 is 0 Å². The Hall–Kier alpha value is -0.820. The summed E-state index contributed by atoms with van der Waals surface area (Å²) in [6, 6.07) is 11.6. The van der Waals surface area contributed by atoms with Gasteiger partial charge in [0, 0.05) is 4.83 Å². The third-order valence-corrected chi connectivity index (χ3v) is 6.32. The molecule has 21 heavy (non-hydrogen) atoms. The van der Waals surface area contributed by atoms with Gasteiger partial charge in [-0.05, 0) is 52.6 Å². The van der Waals surface area contributed by atoms with Gasteiger partial charge in [0.2, 0.25) is 0 Å². The van der Waals surface area contributed by atoms with Gasteiger partial charge in [-0.25, -0.2) is 0 Å². The number of rotatable bonds is 6. The first-order valence-corrected chi connectivity index (χ1v) is 9.35. The first-order chi connectivity index (χ1) is 10.3. The Kier molecular flexibility index (Phi) is 4.69. The highest BCUT2D eigenvalue weighted by Crippen LogP contribution is 2.42. The third kappa shape index (κ3) is 2.77. The van der Waals surface area contributed by atoms with E-state index < -0.39 is 0 Å². The fourth-order valence-corrected chi connectivity index (χ4v) is 4.82. The third-order valence-electron chi connectivity index (χ3n) is 5.07. The molecule has 0 amide bonds. The molecular formula is C20H25Br. The average Bonchev–Trinajstić information content (AvgIpc) is 2.93. The number of aryl methyl sites for hydroxylation is 2. The van der Waals surface area contributed by atoms with Crippen molar-refractivity contribution in [2.75, 3.05) is 0 Å². The minimum atomic E-state index is 0.485. The molecule has 0 aromatic heterocycles. The summed E-state index contributed by atoms with van der Waals surface area (Å²) >= 11 is 4.03. The molecule has 0 spiro atoms. The minimum Gasteiger partial charge on any atom is -0.0836 e. The molecule has 0 N–H and O–H groups in total. The summed E-state index contributed by atoms with van der Waals surface area (Å²) in [7, 11) is 0. The van der Waals surface area contributed by atoms with Crippen LogP contribution in [0, 0.1) is 5.92 Å². The molecule has 112 valence electrons. The molecule has 2 unspecified atom stereocenters. The minimum absolute atomic E-state index is 0.485. The molecule has 0 radical (unpaired) electrons. The maximum absolute atomic E-state index is 4.03. The fourth-order valence-electron chi connectivity index (χ4n) is 3.79. The summed E-state index contributed by atoms with van der Waals surface area (Å²) in [5, 5.41) is 3.03. The van der Waals surface area contributed by atoms with Crippen LogP contribution in [0.5, 0.6) is 0 Å².